The van der Waals surface area contributed by atoms with Gasteiger partial charge in [-0.05, 0) is 44.7 Å². The Labute approximate surface area is 167 Å². The molecule has 1 atom stereocenters. The molecule has 0 unspecified atom stereocenters. The molecule has 3 heterocycles. The van der Waals surface area contributed by atoms with Crippen molar-refractivity contribution >= 4 is 39.0 Å². The van der Waals surface area contributed by atoms with Crippen molar-refractivity contribution in [3.63, 3.8) is 0 Å². The summed E-state index contributed by atoms with van der Waals surface area (Å²) in [6.07, 6.45) is 3.89. The van der Waals surface area contributed by atoms with Crippen LogP contribution in [0, 0.1) is 25.6 Å². The molecule has 0 radical (unpaired) electrons. The molecule has 0 saturated carbocycles. The number of carbonyl (C=O) groups excluding carboxylic acids is 1. The fraction of sp³-hybridized carbons (Fsp3) is 0.381. The van der Waals surface area contributed by atoms with Crippen LogP contribution in [0.3, 0.4) is 0 Å². The average molecular weight is 399 g/mol. The molecule has 1 N–H and O–H groups in total. The van der Waals surface area contributed by atoms with Crippen LogP contribution in [0.15, 0.2) is 24.5 Å². The molecule has 0 spiro atoms. The number of thiophene rings is 1. The molecule has 1 amide bonds. The van der Waals surface area contributed by atoms with Gasteiger partial charge in [0.2, 0.25) is 0 Å². The van der Waals surface area contributed by atoms with E-state index in [-0.39, 0.29) is 11.7 Å². The highest BCUT2D eigenvalue weighted by Gasteiger charge is 2.26. The molecule has 1 fully saturated rings. The number of aromatic nitrogens is 2. The zero-order valence-corrected chi connectivity index (χ0v) is 17.1. The molecule has 0 bridgehead atoms. The van der Waals surface area contributed by atoms with Crippen LogP contribution in [-0.4, -0.2) is 29.0 Å². The summed E-state index contributed by atoms with van der Waals surface area (Å²) in [5.41, 5.74) is 1.49. The van der Waals surface area contributed by atoms with E-state index in [1.807, 2.05) is 6.92 Å². The molecular formula is C21H23FN4OS. The second-order valence-corrected chi connectivity index (χ2v) is 8.67. The second kappa shape index (κ2) is 7.47. The van der Waals surface area contributed by atoms with E-state index in [9.17, 15) is 9.18 Å². The Morgan fingerprint density at radius 1 is 1.32 bits per heavy atom. The molecule has 1 aliphatic rings. The quantitative estimate of drug-likeness (QED) is 0.679. The first-order chi connectivity index (χ1) is 13.5. The summed E-state index contributed by atoms with van der Waals surface area (Å²) in [5, 5.41) is 3.68. The van der Waals surface area contributed by atoms with E-state index in [1.54, 1.807) is 25.4 Å². The zero-order chi connectivity index (χ0) is 19.8. The highest BCUT2D eigenvalue weighted by atomic mass is 32.1. The van der Waals surface area contributed by atoms with Crippen LogP contribution in [0.2, 0.25) is 0 Å². The predicted octanol–water partition coefficient (Wildman–Crippen LogP) is 4.94. The fourth-order valence-electron chi connectivity index (χ4n) is 3.85. The molecule has 1 aliphatic heterocycles. The molecule has 4 rings (SSSR count). The third-order valence-electron chi connectivity index (χ3n) is 5.34. The lowest BCUT2D eigenvalue weighted by Gasteiger charge is -2.32. The smallest absolute Gasteiger partial charge is 0.257 e. The zero-order valence-electron chi connectivity index (χ0n) is 16.3. The van der Waals surface area contributed by atoms with E-state index in [2.05, 4.69) is 27.1 Å². The summed E-state index contributed by atoms with van der Waals surface area (Å²) in [6, 6.07) is 4.70. The van der Waals surface area contributed by atoms with Crippen molar-refractivity contribution in [1.29, 1.82) is 0 Å². The topological polar surface area (TPSA) is 58.1 Å². The van der Waals surface area contributed by atoms with E-state index in [1.165, 1.54) is 23.8 Å². The fourth-order valence-corrected chi connectivity index (χ4v) is 4.83. The number of benzene rings is 1. The van der Waals surface area contributed by atoms with Gasteiger partial charge in [-0.25, -0.2) is 14.4 Å². The number of aryl methyl sites for hydroxylation is 1. The Hall–Kier alpha value is -2.54. The minimum Gasteiger partial charge on any atom is -0.356 e. The van der Waals surface area contributed by atoms with Crippen LogP contribution in [0.1, 0.15) is 40.6 Å². The normalized spacial score (nSPS) is 17.1. The standard InChI is InChI=1S/C21H23FN4OS/c1-12-6-5-9-26(10-12)19-18-17(14(3)28-21(18)24-11-23-19)20(27)25-16-8-4-7-15(22)13(16)2/h4,7-8,11-12H,5-6,9-10H2,1-3H3,(H,25,27)/t12-/m0/s1. The van der Waals surface area contributed by atoms with Gasteiger partial charge in [0.15, 0.2) is 0 Å². The van der Waals surface area contributed by atoms with Crippen LogP contribution in [0.5, 0.6) is 0 Å². The largest absolute Gasteiger partial charge is 0.356 e. The highest BCUT2D eigenvalue weighted by Crippen LogP contribution is 2.37. The maximum atomic E-state index is 13.9. The number of hydrogen-bond acceptors (Lipinski definition) is 5. The molecule has 2 aromatic heterocycles. The van der Waals surface area contributed by atoms with E-state index in [0.29, 0.717) is 22.7 Å². The number of carbonyl (C=O) groups is 1. The minimum atomic E-state index is -0.337. The van der Waals surface area contributed by atoms with E-state index in [4.69, 9.17) is 0 Å². The monoisotopic (exact) mass is 398 g/mol. The predicted molar refractivity (Wildman–Crippen MR) is 112 cm³/mol. The van der Waals surface area contributed by atoms with Crippen LogP contribution in [0.25, 0.3) is 10.2 Å². The van der Waals surface area contributed by atoms with Gasteiger partial charge in [-0.1, -0.05) is 13.0 Å². The SMILES string of the molecule is Cc1sc2ncnc(N3CCC[C@H](C)C3)c2c1C(=O)Nc1cccc(F)c1C. The van der Waals surface area contributed by atoms with Gasteiger partial charge in [-0.3, -0.25) is 4.79 Å². The van der Waals surface area contributed by atoms with Crippen molar-refractivity contribution in [3.8, 4) is 0 Å². The summed E-state index contributed by atoms with van der Waals surface area (Å²) in [5.74, 6) is 0.822. The number of anilines is 2. The lowest BCUT2D eigenvalue weighted by molar-refractivity contribution is 0.102. The third kappa shape index (κ3) is 3.35. The third-order valence-corrected chi connectivity index (χ3v) is 6.36. The van der Waals surface area contributed by atoms with Gasteiger partial charge >= 0.3 is 0 Å². The Balaban J connectivity index is 1.77. The molecule has 28 heavy (non-hydrogen) atoms. The van der Waals surface area contributed by atoms with E-state index >= 15 is 0 Å². The van der Waals surface area contributed by atoms with E-state index in [0.717, 1.165) is 40.4 Å². The number of piperidine rings is 1. The first-order valence-corrected chi connectivity index (χ1v) is 10.3. The molecule has 5 nitrogen and oxygen atoms in total. The summed E-state index contributed by atoms with van der Waals surface area (Å²) in [7, 11) is 0. The minimum absolute atomic E-state index is 0.251. The Kier molecular flexibility index (Phi) is 5.02. The summed E-state index contributed by atoms with van der Waals surface area (Å²) >= 11 is 1.49. The Bertz CT molecular complexity index is 1050. The lowest BCUT2D eigenvalue weighted by Crippen LogP contribution is -2.35. The van der Waals surface area contributed by atoms with Crippen molar-refractivity contribution < 1.29 is 9.18 Å². The van der Waals surface area contributed by atoms with Gasteiger partial charge in [0.1, 0.15) is 22.8 Å². The number of fused-ring (bicyclic) bond motifs is 1. The molecule has 1 saturated heterocycles. The number of nitrogens with one attached hydrogen (secondary N) is 1. The maximum Gasteiger partial charge on any atom is 0.257 e. The second-order valence-electron chi connectivity index (χ2n) is 7.47. The first kappa shape index (κ1) is 18.8. The summed E-state index contributed by atoms with van der Waals surface area (Å²) in [6.45, 7) is 7.67. The average Bonchev–Trinajstić information content (AvgIpc) is 3.01. The van der Waals surface area contributed by atoms with E-state index < -0.39 is 0 Å². The van der Waals surface area contributed by atoms with Crippen LogP contribution in [-0.2, 0) is 0 Å². The number of amides is 1. The van der Waals surface area contributed by atoms with Gasteiger partial charge in [-0.2, -0.15) is 0 Å². The van der Waals surface area contributed by atoms with Crippen LogP contribution >= 0.6 is 11.3 Å². The van der Waals surface area contributed by atoms with Crippen molar-refractivity contribution in [2.45, 2.75) is 33.6 Å². The molecule has 0 aliphatic carbocycles. The number of nitrogens with zero attached hydrogens (tertiary/aromatic N) is 3. The maximum absolute atomic E-state index is 13.9. The molecule has 3 aromatic rings. The number of hydrogen-bond donors (Lipinski definition) is 1. The van der Waals surface area contributed by atoms with Gasteiger partial charge < -0.3 is 10.2 Å². The van der Waals surface area contributed by atoms with Crippen molar-refractivity contribution in [2.24, 2.45) is 5.92 Å². The van der Waals surface area contributed by atoms with Crippen LogP contribution in [0.4, 0.5) is 15.9 Å². The lowest BCUT2D eigenvalue weighted by atomic mass is 10.00. The van der Waals surface area contributed by atoms with Crippen molar-refractivity contribution in [3.05, 3.63) is 46.3 Å². The van der Waals surface area contributed by atoms with Crippen molar-refractivity contribution in [2.75, 3.05) is 23.3 Å². The first-order valence-electron chi connectivity index (χ1n) is 9.51. The van der Waals surface area contributed by atoms with Gasteiger partial charge in [0.05, 0.1) is 10.9 Å². The van der Waals surface area contributed by atoms with Gasteiger partial charge in [0.25, 0.3) is 5.91 Å². The molecule has 1 aromatic carbocycles. The van der Waals surface area contributed by atoms with Crippen LogP contribution < -0.4 is 10.2 Å². The summed E-state index contributed by atoms with van der Waals surface area (Å²) < 4.78 is 13.9. The highest BCUT2D eigenvalue weighted by molar-refractivity contribution is 7.19. The molecular weight excluding hydrogens is 375 g/mol. The van der Waals surface area contributed by atoms with Gasteiger partial charge in [0, 0.05) is 29.2 Å². The Morgan fingerprint density at radius 3 is 2.93 bits per heavy atom. The molecule has 7 heteroatoms. The molecule has 146 valence electrons. The number of halogens is 1. The number of rotatable bonds is 3. The van der Waals surface area contributed by atoms with Crippen molar-refractivity contribution in [1.82, 2.24) is 9.97 Å². The van der Waals surface area contributed by atoms with Gasteiger partial charge in [-0.15, -0.1) is 11.3 Å². The Morgan fingerprint density at radius 2 is 2.14 bits per heavy atom. The summed E-state index contributed by atoms with van der Waals surface area (Å²) in [4.78, 5) is 26.1.